The van der Waals surface area contributed by atoms with Gasteiger partial charge in [-0.1, -0.05) is 44.9 Å². The average molecular weight is 289 g/mol. The Balaban J connectivity index is 1.56. The van der Waals surface area contributed by atoms with Gasteiger partial charge in [0.25, 0.3) is 0 Å². The van der Waals surface area contributed by atoms with Gasteiger partial charge in [-0.3, -0.25) is 0 Å². The molecule has 21 heavy (non-hydrogen) atoms. The molecule has 2 aliphatic rings. The van der Waals surface area contributed by atoms with Gasteiger partial charge in [-0.25, -0.2) is 0 Å². The Morgan fingerprint density at radius 2 is 1.33 bits per heavy atom. The van der Waals surface area contributed by atoms with Crippen molar-refractivity contribution in [2.24, 2.45) is 0 Å². The van der Waals surface area contributed by atoms with E-state index in [2.05, 4.69) is 25.8 Å². The Hall–Kier alpha value is -1.39. The minimum absolute atomic E-state index is 0.513. The van der Waals surface area contributed by atoms with Crippen molar-refractivity contribution in [1.82, 2.24) is 15.2 Å². The first-order valence-corrected chi connectivity index (χ1v) is 8.63. The highest BCUT2D eigenvalue weighted by Crippen LogP contribution is 2.22. The predicted molar refractivity (Wildman–Crippen MR) is 85.4 cm³/mol. The van der Waals surface area contributed by atoms with E-state index in [0.717, 1.165) is 5.82 Å². The third kappa shape index (κ3) is 4.55. The fourth-order valence-electron chi connectivity index (χ4n) is 3.50. The number of nitrogens with zero attached hydrogens (tertiary/aromatic N) is 3. The molecule has 2 N–H and O–H groups in total. The molecule has 0 bridgehead atoms. The van der Waals surface area contributed by atoms with Crippen LogP contribution in [0.3, 0.4) is 0 Å². The Morgan fingerprint density at radius 1 is 0.762 bits per heavy atom. The summed E-state index contributed by atoms with van der Waals surface area (Å²) in [6.07, 6.45) is 16.0. The van der Waals surface area contributed by atoms with Crippen LogP contribution < -0.4 is 10.6 Å². The van der Waals surface area contributed by atoms with Gasteiger partial charge in [-0.15, -0.1) is 5.10 Å². The maximum Gasteiger partial charge on any atom is 0.244 e. The monoisotopic (exact) mass is 289 g/mol. The van der Waals surface area contributed by atoms with E-state index in [1.165, 1.54) is 70.6 Å². The van der Waals surface area contributed by atoms with E-state index in [9.17, 15) is 0 Å². The van der Waals surface area contributed by atoms with Crippen molar-refractivity contribution in [1.29, 1.82) is 0 Å². The molecule has 0 aliphatic heterocycles. The molecule has 2 saturated carbocycles. The zero-order valence-electron chi connectivity index (χ0n) is 12.9. The maximum atomic E-state index is 4.60. The molecular formula is C16H27N5. The van der Waals surface area contributed by atoms with Crippen molar-refractivity contribution in [3.63, 3.8) is 0 Å². The number of nitrogens with one attached hydrogen (secondary N) is 2. The van der Waals surface area contributed by atoms with Crippen molar-refractivity contribution < 1.29 is 0 Å². The van der Waals surface area contributed by atoms with Crippen LogP contribution >= 0.6 is 0 Å². The quantitative estimate of drug-likeness (QED) is 0.827. The lowest BCUT2D eigenvalue weighted by molar-refractivity contribution is 0.461. The normalized spacial score (nSPS) is 21.7. The van der Waals surface area contributed by atoms with Gasteiger partial charge in [0, 0.05) is 12.1 Å². The molecule has 116 valence electrons. The van der Waals surface area contributed by atoms with Crippen LogP contribution in [0.25, 0.3) is 0 Å². The second kappa shape index (κ2) is 7.57. The van der Waals surface area contributed by atoms with Crippen molar-refractivity contribution in [2.45, 2.75) is 82.7 Å². The Bertz CT molecular complexity index is 422. The molecule has 0 saturated heterocycles. The molecule has 1 aromatic rings. The molecular weight excluding hydrogens is 262 g/mol. The van der Waals surface area contributed by atoms with Crippen LogP contribution in [0.2, 0.25) is 0 Å². The second-order valence-electron chi connectivity index (χ2n) is 6.48. The van der Waals surface area contributed by atoms with Gasteiger partial charge in [0.15, 0.2) is 5.82 Å². The third-order valence-electron chi connectivity index (χ3n) is 4.70. The zero-order chi connectivity index (χ0) is 14.3. The highest BCUT2D eigenvalue weighted by molar-refractivity contribution is 5.38. The van der Waals surface area contributed by atoms with Crippen LogP contribution in [0, 0.1) is 0 Å². The molecule has 2 aliphatic carbocycles. The zero-order valence-corrected chi connectivity index (χ0v) is 12.9. The maximum absolute atomic E-state index is 4.60. The first kappa shape index (κ1) is 14.5. The van der Waals surface area contributed by atoms with E-state index in [1.807, 2.05) is 0 Å². The molecule has 0 atom stereocenters. The first-order chi connectivity index (χ1) is 10.4. The minimum Gasteiger partial charge on any atom is -0.366 e. The average Bonchev–Trinajstić information content (AvgIpc) is 2.77. The van der Waals surface area contributed by atoms with E-state index in [1.54, 1.807) is 6.20 Å². The number of hydrogen-bond donors (Lipinski definition) is 2. The van der Waals surface area contributed by atoms with Gasteiger partial charge in [-0.2, -0.15) is 10.1 Å². The van der Waals surface area contributed by atoms with Crippen molar-refractivity contribution >= 4 is 11.8 Å². The summed E-state index contributed by atoms with van der Waals surface area (Å²) < 4.78 is 0. The van der Waals surface area contributed by atoms with E-state index >= 15 is 0 Å². The predicted octanol–water partition coefficient (Wildman–Crippen LogP) is 3.75. The van der Waals surface area contributed by atoms with Gasteiger partial charge in [0.05, 0.1) is 6.20 Å². The van der Waals surface area contributed by atoms with E-state index in [4.69, 9.17) is 0 Å². The van der Waals surface area contributed by atoms with Crippen LogP contribution in [0.4, 0.5) is 11.8 Å². The first-order valence-electron chi connectivity index (χ1n) is 8.63. The highest BCUT2D eigenvalue weighted by atomic mass is 15.3. The van der Waals surface area contributed by atoms with E-state index < -0.39 is 0 Å². The summed E-state index contributed by atoms with van der Waals surface area (Å²) in [6, 6.07) is 1.07. The largest absolute Gasteiger partial charge is 0.366 e. The minimum atomic E-state index is 0.513. The molecule has 0 aromatic carbocycles. The molecule has 3 rings (SSSR count). The summed E-state index contributed by atoms with van der Waals surface area (Å²) in [5.41, 5.74) is 0. The molecule has 0 spiro atoms. The molecule has 2 fully saturated rings. The van der Waals surface area contributed by atoms with Gasteiger partial charge in [0.1, 0.15) is 0 Å². The lowest BCUT2D eigenvalue weighted by atomic mass is 9.96. The summed E-state index contributed by atoms with van der Waals surface area (Å²) in [5.74, 6) is 1.55. The second-order valence-corrected chi connectivity index (χ2v) is 6.48. The Kier molecular flexibility index (Phi) is 5.24. The Morgan fingerprint density at radius 3 is 2.00 bits per heavy atom. The molecule has 0 amide bonds. The molecule has 1 aromatic heterocycles. The smallest absolute Gasteiger partial charge is 0.244 e. The molecule has 5 heteroatoms. The van der Waals surface area contributed by atoms with Crippen LogP contribution in [-0.4, -0.2) is 27.3 Å². The van der Waals surface area contributed by atoms with Crippen molar-refractivity contribution in [3.05, 3.63) is 6.20 Å². The van der Waals surface area contributed by atoms with Gasteiger partial charge in [-0.05, 0) is 25.7 Å². The molecule has 1 heterocycles. The molecule has 5 nitrogen and oxygen atoms in total. The molecule has 0 radical (unpaired) electrons. The van der Waals surface area contributed by atoms with Gasteiger partial charge < -0.3 is 10.6 Å². The van der Waals surface area contributed by atoms with Crippen molar-refractivity contribution in [2.75, 3.05) is 10.6 Å². The number of anilines is 2. The molecule has 0 unspecified atom stereocenters. The fourth-order valence-corrected chi connectivity index (χ4v) is 3.50. The summed E-state index contributed by atoms with van der Waals surface area (Å²) in [4.78, 5) is 4.60. The summed E-state index contributed by atoms with van der Waals surface area (Å²) in [7, 11) is 0. The van der Waals surface area contributed by atoms with E-state index in [-0.39, 0.29) is 0 Å². The standard InChI is InChI=1S/C16H27N5/c1-2-5-11-14(10-4-1)19-16-20-15(12-17-21-16)18-13-8-6-3-7-9-13/h12-14H,1-11H2,(H2,18,19,20,21). The third-order valence-corrected chi connectivity index (χ3v) is 4.70. The highest BCUT2D eigenvalue weighted by Gasteiger charge is 2.16. The van der Waals surface area contributed by atoms with Crippen molar-refractivity contribution in [3.8, 4) is 0 Å². The van der Waals surface area contributed by atoms with Crippen LogP contribution in [-0.2, 0) is 0 Å². The number of hydrogen-bond acceptors (Lipinski definition) is 5. The lowest BCUT2D eigenvalue weighted by Crippen LogP contribution is -2.24. The number of rotatable bonds is 4. The SMILES string of the molecule is c1nnc(NC2CCCCCC2)nc1NC1CCCCC1. The van der Waals surface area contributed by atoms with Crippen LogP contribution in [0.15, 0.2) is 6.20 Å². The summed E-state index contributed by atoms with van der Waals surface area (Å²) in [6.45, 7) is 0. The number of aromatic nitrogens is 3. The van der Waals surface area contributed by atoms with Gasteiger partial charge in [0.2, 0.25) is 5.95 Å². The topological polar surface area (TPSA) is 62.7 Å². The van der Waals surface area contributed by atoms with Crippen LogP contribution in [0.1, 0.15) is 70.6 Å². The fraction of sp³-hybridized carbons (Fsp3) is 0.812. The lowest BCUT2D eigenvalue weighted by Gasteiger charge is -2.23. The van der Waals surface area contributed by atoms with Gasteiger partial charge >= 0.3 is 0 Å². The summed E-state index contributed by atoms with van der Waals surface area (Å²) >= 11 is 0. The summed E-state index contributed by atoms with van der Waals surface area (Å²) in [5, 5.41) is 15.2. The van der Waals surface area contributed by atoms with E-state index in [0.29, 0.717) is 18.0 Å². The van der Waals surface area contributed by atoms with Crippen LogP contribution in [0.5, 0.6) is 0 Å². The Labute approximate surface area is 127 Å².